The molecular weight excluding hydrogens is 610 g/mol. The molecule has 1 fully saturated rings. The first-order chi connectivity index (χ1) is 21.9. The topological polar surface area (TPSA) is 61.8 Å². The maximum atomic E-state index is 13.3. The predicted octanol–water partition coefficient (Wildman–Crippen LogP) is 7.72. The lowest BCUT2D eigenvalue weighted by Crippen LogP contribution is -2.45. The Morgan fingerprint density at radius 2 is 1.46 bits per heavy atom. The fourth-order valence-corrected chi connectivity index (χ4v) is 6.93. The van der Waals surface area contributed by atoms with Gasteiger partial charge in [0.15, 0.2) is 0 Å². The van der Waals surface area contributed by atoms with E-state index >= 15 is 0 Å². The van der Waals surface area contributed by atoms with Crippen molar-refractivity contribution in [3.63, 3.8) is 0 Å². The molecule has 1 unspecified atom stereocenters. The summed E-state index contributed by atoms with van der Waals surface area (Å²) in [5.41, 5.74) is -1.33. The molecule has 2 aliphatic rings. The molecule has 3 aromatic rings. The lowest BCUT2D eigenvalue weighted by Gasteiger charge is -2.42. The number of aliphatic hydroxyl groups is 1. The van der Waals surface area contributed by atoms with Gasteiger partial charge in [0.2, 0.25) is 5.91 Å². The van der Waals surface area contributed by atoms with Crippen molar-refractivity contribution < 1.29 is 41.0 Å². The van der Waals surface area contributed by atoms with E-state index in [9.17, 15) is 36.2 Å². The zero-order valence-corrected chi connectivity index (χ0v) is 25.4. The van der Waals surface area contributed by atoms with Gasteiger partial charge in [-0.2, -0.15) is 26.3 Å². The summed E-state index contributed by atoms with van der Waals surface area (Å²) < 4.78 is 86.0. The molecule has 46 heavy (non-hydrogen) atoms. The van der Waals surface area contributed by atoms with Crippen LogP contribution in [0.4, 0.5) is 32.0 Å². The first-order valence-corrected chi connectivity index (χ1v) is 15.5. The lowest BCUT2D eigenvalue weighted by molar-refractivity contribution is -0.143. The molecule has 0 bridgehead atoms. The van der Waals surface area contributed by atoms with E-state index in [1.807, 2.05) is 54.6 Å². The molecule has 11 heteroatoms. The molecule has 0 radical (unpaired) electrons. The number of halogens is 6. The minimum Gasteiger partial charge on any atom is -0.396 e. The summed E-state index contributed by atoms with van der Waals surface area (Å²) in [4.78, 5) is 15.3. The van der Waals surface area contributed by atoms with Gasteiger partial charge in [0, 0.05) is 17.7 Å². The number of ether oxygens (including phenoxy) is 1. The summed E-state index contributed by atoms with van der Waals surface area (Å²) in [5, 5.41) is 12.7. The number of nitrogens with zero attached hydrogens (tertiary/aromatic N) is 1. The molecule has 2 heterocycles. The number of likely N-dealkylation sites (tertiary alicyclic amines) is 1. The Kier molecular flexibility index (Phi) is 10.1. The molecule has 1 amide bonds. The first kappa shape index (κ1) is 33.9. The number of nitrogens with one attached hydrogen (secondary N) is 1. The molecule has 0 aliphatic carbocycles. The minimum atomic E-state index is -4.92. The predicted molar refractivity (Wildman–Crippen MR) is 162 cm³/mol. The van der Waals surface area contributed by atoms with E-state index in [0.29, 0.717) is 37.8 Å². The number of fused-ring (bicyclic) bond motifs is 1. The van der Waals surface area contributed by atoms with Crippen molar-refractivity contribution in [3.8, 4) is 0 Å². The Bertz CT molecular complexity index is 1450. The Labute approximate surface area is 264 Å². The molecule has 1 atom stereocenters. The molecule has 248 valence electrons. The fraction of sp³-hybridized carbons (Fsp3) is 0.457. The van der Waals surface area contributed by atoms with E-state index in [4.69, 9.17) is 4.74 Å². The van der Waals surface area contributed by atoms with Crippen LogP contribution in [0.1, 0.15) is 66.3 Å². The highest BCUT2D eigenvalue weighted by atomic mass is 19.4. The normalized spacial score (nSPS) is 20.0. The van der Waals surface area contributed by atoms with Gasteiger partial charge in [0.05, 0.1) is 29.8 Å². The Balaban J connectivity index is 1.20. The fourth-order valence-electron chi connectivity index (χ4n) is 6.93. The molecule has 5 rings (SSSR count). The molecule has 1 saturated heterocycles. The van der Waals surface area contributed by atoms with Crippen molar-refractivity contribution in [3.05, 3.63) is 101 Å². The summed E-state index contributed by atoms with van der Waals surface area (Å²) >= 11 is 0. The summed E-state index contributed by atoms with van der Waals surface area (Å²) in [7, 11) is 0. The molecule has 0 aromatic heterocycles. The number of piperidine rings is 1. The van der Waals surface area contributed by atoms with Gasteiger partial charge < -0.3 is 20.1 Å². The Hall–Kier alpha value is -3.41. The van der Waals surface area contributed by atoms with E-state index in [0.717, 1.165) is 49.3 Å². The van der Waals surface area contributed by atoms with E-state index in [2.05, 4.69) is 10.2 Å². The number of hydrogen-bond donors (Lipinski definition) is 2. The second kappa shape index (κ2) is 13.8. The zero-order chi connectivity index (χ0) is 33.0. The molecule has 5 nitrogen and oxygen atoms in total. The van der Waals surface area contributed by atoms with Gasteiger partial charge in [0.25, 0.3) is 0 Å². The van der Waals surface area contributed by atoms with Crippen LogP contribution in [0.3, 0.4) is 0 Å². The minimum absolute atomic E-state index is 0.0758. The van der Waals surface area contributed by atoms with Crippen LogP contribution in [-0.2, 0) is 39.3 Å². The number of carbonyl (C=O) groups is 1. The third-order valence-corrected chi connectivity index (χ3v) is 9.49. The van der Waals surface area contributed by atoms with Crippen molar-refractivity contribution in [1.29, 1.82) is 0 Å². The van der Waals surface area contributed by atoms with Gasteiger partial charge in [-0.1, -0.05) is 55.0 Å². The second-order valence-corrected chi connectivity index (χ2v) is 12.4. The van der Waals surface area contributed by atoms with E-state index < -0.39 is 34.3 Å². The maximum Gasteiger partial charge on any atom is 0.416 e. The van der Waals surface area contributed by atoms with Crippen LogP contribution >= 0.6 is 0 Å². The monoisotopic (exact) mass is 648 g/mol. The number of para-hydroxylation sites is 1. The number of alkyl halides is 6. The van der Waals surface area contributed by atoms with Gasteiger partial charge in [0.1, 0.15) is 0 Å². The third kappa shape index (κ3) is 7.42. The van der Waals surface area contributed by atoms with Crippen LogP contribution in [0.15, 0.2) is 72.8 Å². The van der Waals surface area contributed by atoms with E-state index in [1.165, 1.54) is 0 Å². The van der Waals surface area contributed by atoms with Crippen LogP contribution in [0.5, 0.6) is 0 Å². The summed E-state index contributed by atoms with van der Waals surface area (Å²) in [6.45, 7) is 1.98. The number of unbranched alkanes of at least 4 members (excludes halogenated alkanes) is 1. The molecular formula is C35H38F6N2O3. The zero-order valence-electron chi connectivity index (χ0n) is 25.4. The molecule has 0 saturated carbocycles. The number of benzene rings is 3. The van der Waals surface area contributed by atoms with Crippen LogP contribution in [0.25, 0.3) is 0 Å². The first-order valence-electron chi connectivity index (χ1n) is 15.5. The van der Waals surface area contributed by atoms with Gasteiger partial charge >= 0.3 is 12.4 Å². The van der Waals surface area contributed by atoms with Crippen molar-refractivity contribution in [1.82, 2.24) is 4.90 Å². The average Bonchev–Trinajstić information content (AvgIpc) is 3.30. The summed E-state index contributed by atoms with van der Waals surface area (Å²) in [6, 6.07) is 18.8. The van der Waals surface area contributed by atoms with Gasteiger partial charge in [-0.15, -0.1) is 0 Å². The lowest BCUT2D eigenvalue weighted by atomic mass is 9.73. The maximum absolute atomic E-state index is 13.3. The van der Waals surface area contributed by atoms with Crippen LogP contribution in [0.2, 0.25) is 0 Å². The van der Waals surface area contributed by atoms with E-state index in [1.54, 1.807) is 0 Å². The van der Waals surface area contributed by atoms with Crippen LogP contribution in [0, 0.1) is 0 Å². The SMILES string of the molecule is O=C1Nc2ccccc2C1(CCO)CCCCN1CCC(COCc2cc(C(F)(F)F)cc(C(F)(F)F)c2)(c2ccccc2)CC1. The number of amides is 1. The standard InChI is InChI=1S/C35H38F6N2O3/c36-34(37,38)27-20-25(21-28(22-27)35(39,40)41)23-46-24-32(26-8-2-1-3-9-26)13-17-43(18-14-32)16-7-6-12-33(15-19-44)29-10-4-5-11-30(29)42-31(33)45/h1-5,8-11,20-22,44H,6-7,12-19,23-24H2,(H,42,45). The van der Waals surface area contributed by atoms with Crippen molar-refractivity contribution in [2.75, 3.05) is 38.2 Å². The molecule has 0 spiro atoms. The number of hydrogen-bond acceptors (Lipinski definition) is 4. The van der Waals surface area contributed by atoms with E-state index in [-0.39, 0.29) is 37.4 Å². The van der Waals surface area contributed by atoms with Gasteiger partial charge in [-0.3, -0.25) is 4.79 Å². The second-order valence-electron chi connectivity index (χ2n) is 12.4. The molecule has 2 N–H and O–H groups in total. The Morgan fingerprint density at radius 1 is 0.826 bits per heavy atom. The number of carbonyl (C=O) groups excluding carboxylic acids is 1. The smallest absolute Gasteiger partial charge is 0.396 e. The Morgan fingerprint density at radius 3 is 2.09 bits per heavy atom. The largest absolute Gasteiger partial charge is 0.416 e. The summed E-state index contributed by atoms with van der Waals surface area (Å²) in [5.74, 6) is -0.0758. The van der Waals surface area contributed by atoms with Crippen molar-refractivity contribution in [2.24, 2.45) is 0 Å². The highest BCUT2D eigenvalue weighted by molar-refractivity contribution is 6.06. The highest BCUT2D eigenvalue weighted by Gasteiger charge is 2.45. The molecule has 2 aliphatic heterocycles. The van der Waals surface area contributed by atoms with Crippen molar-refractivity contribution >= 4 is 11.6 Å². The van der Waals surface area contributed by atoms with Gasteiger partial charge in [-0.25, -0.2) is 0 Å². The average molecular weight is 649 g/mol. The quantitative estimate of drug-likeness (QED) is 0.156. The van der Waals surface area contributed by atoms with Crippen molar-refractivity contribution in [2.45, 2.75) is 68.3 Å². The van der Waals surface area contributed by atoms with Crippen LogP contribution < -0.4 is 5.32 Å². The summed E-state index contributed by atoms with van der Waals surface area (Å²) in [6.07, 6.45) is -5.79. The van der Waals surface area contributed by atoms with Crippen LogP contribution in [-0.4, -0.2) is 48.8 Å². The highest BCUT2D eigenvalue weighted by Crippen LogP contribution is 2.44. The molecule has 3 aromatic carbocycles. The number of rotatable bonds is 12. The number of anilines is 1. The van der Waals surface area contributed by atoms with Gasteiger partial charge in [-0.05, 0) is 92.7 Å². The number of aliphatic hydroxyl groups excluding tert-OH is 1. The third-order valence-electron chi connectivity index (χ3n) is 9.49.